The van der Waals surface area contributed by atoms with Crippen LogP contribution in [0.3, 0.4) is 0 Å². The molecule has 1 aromatic rings. The van der Waals surface area contributed by atoms with E-state index in [-0.39, 0.29) is 22.6 Å². The van der Waals surface area contributed by atoms with Crippen molar-refractivity contribution < 1.29 is 23.9 Å². The fourth-order valence-corrected chi connectivity index (χ4v) is 6.36. The van der Waals surface area contributed by atoms with Gasteiger partial charge in [-0.1, -0.05) is 32.0 Å². The molecule has 2 bridgehead atoms. The molecule has 3 aliphatic rings. The lowest BCUT2D eigenvalue weighted by Gasteiger charge is -2.28. The highest BCUT2D eigenvalue weighted by Gasteiger charge is 2.66. The molecule has 1 aliphatic heterocycles. The smallest absolute Gasteiger partial charge is 0.326 e. The number of para-hydroxylation sites is 1. The molecule has 0 radical (unpaired) electrons. The molecule has 3 fully saturated rings. The van der Waals surface area contributed by atoms with E-state index in [4.69, 9.17) is 27.9 Å². The Bertz CT molecular complexity index is 913. The average molecular weight is 481 g/mol. The molecule has 172 valence electrons. The molecule has 9 heteroatoms. The molecular formula is C23H26Cl2N2O5. The van der Waals surface area contributed by atoms with Gasteiger partial charge in [-0.15, -0.1) is 23.2 Å². The number of carbonyl (C=O) groups excluding carboxylic acids is 4. The third-order valence-electron chi connectivity index (χ3n) is 6.99. The summed E-state index contributed by atoms with van der Waals surface area (Å²) in [6.07, 6.45) is 2.16. The minimum atomic E-state index is -0.807. The van der Waals surface area contributed by atoms with Crippen molar-refractivity contribution in [3.63, 3.8) is 0 Å². The molecule has 1 saturated heterocycles. The SMILES string of the molecule is CCc1cccc(CC)c1NC(=O)COC(=O)CN1C(=O)[C@@H]2[C@H]3C[C@@H]([C@H](Cl)[C@H]3Cl)[C@@H]2C1=O. The van der Waals surface area contributed by atoms with E-state index < -0.39 is 48.7 Å². The van der Waals surface area contributed by atoms with E-state index in [1.165, 1.54) is 0 Å². The molecule has 1 heterocycles. The second-order valence-electron chi connectivity index (χ2n) is 8.63. The van der Waals surface area contributed by atoms with Gasteiger partial charge in [0, 0.05) is 5.69 Å². The van der Waals surface area contributed by atoms with Gasteiger partial charge in [0.1, 0.15) is 6.54 Å². The Balaban J connectivity index is 1.34. The van der Waals surface area contributed by atoms with Crippen molar-refractivity contribution in [2.45, 2.75) is 43.9 Å². The minimum Gasteiger partial charge on any atom is -0.454 e. The molecule has 7 nitrogen and oxygen atoms in total. The van der Waals surface area contributed by atoms with Gasteiger partial charge in [0.25, 0.3) is 5.91 Å². The molecule has 1 N–H and O–H groups in total. The number of aryl methyl sites for hydroxylation is 2. The number of imide groups is 1. The Morgan fingerprint density at radius 2 is 1.56 bits per heavy atom. The molecular weight excluding hydrogens is 455 g/mol. The van der Waals surface area contributed by atoms with Gasteiger partial charge < -0.3 is 10.1 Å². The summed E-state index contributed by atoms with van der Waals surface area (Å²) in [5.41, 5.74) is 2.72. The van der Waals surface area contributed by atoms with E-state index in [0.717, 1.165) is 34.6 Å². The first-order valence-corrected chi connectivity index (χ1v) is 11.8. The number of halogens is 2. The number of hydrogen-bond donors (Lipinski definition) is 1. The molecule has 2 saturated carbocycles. The number of esters is 1. The maximum atomic E-state index is 12.8. The van der Waals surface area contributed by atoms with Gasteiger partial charge in [0.2, 0.25) is 11.8 Å². The zero-order chi connectivity index (χ0) is 23.2. The van der Waals surface area contributed by atoms with Crippen molar-refractivity contribution in [3.8, 4) is 0 Å². The topological polar surface area (TPSA) is 92.8 Å². The fraction of sp³-hybridized carbons (Fsp3) is 0.565. The number of benzene rings is 1. The highest BCUT2D eigenvalue weighted by atomic mass is 35.5. The Morgan fingerprint density at radius 3 is 2.06 bits per heavy atom. The standard InChI is InChI=1S/C23H26Cl2N2O5/c1-3-11-6-5-7-12(4-2)21(11)26-15(28)10-32-16(29)9-27-22(30)17-13-8-14(18(17)23(27)31)20(25)19(13)24/h5-7,13-14,17-20H,3-4,8-10H2,1-2H3,(H,26,28)/t13-,14-,17-,18+,19+,20+/m1/s1. The highest BCUT2D eigenvalue weighted by Crippen LogP contribution is 2.59. The summed E-state index contributed by atoms with van der Waals surface area (Å²) in [6, 6.07) is 5.82. The highest BCUT2D eigenvalue weighted by molar-refractivity contribution is 6.31. The van der Waals surface area contributed by atoms with Crippen LogP contribution in [0.4, 0.5) is 5.69 Å². The van der Waals surface area contributed by atoms with Crippen molar-refractivity contribution in [2.75, 3.05) is 18.5 Å². The lowest BCUT2D eigenvalue weighted by Crippen LogP contribution is -2.38. The van der Waals surface area contributed by atoms with Crippen molar-refractivity contribution in [1.82, 2.24) is 4.90 Å². The lowest BCUT2D eigenvalue weighted by atomic mass is 9.80. The van der Waals surface area contributed by atoms with Crippen LogP contribution < -0.4 is 5.32 Å². The summed E-state index contributed by atoms with van der Waals surface area (Å²) >= 11 is 12.7. The molecule has 3 amide bonds. The number of alkyl halides is 2. The number of amides is 3. The van der Waals surface area contributed by atoms with Crippen LogP contribution in [0.1, 0.15) is 31.4 Å². The molecule has 0 unspecified atom stereocenters. The first kappa shape index (κ1) is 23.1. The van der Waals surface area contributed by atoms with Crippen molar-refractivity contribution in [2.24, 2.45) is 23.7 Å². The number of rotatable bonds is 7. The number of ether oxygens (including phenoxy) is 1. The zero-order valence-electron chi connectivity index (χ0n) is 18.0. The normalized spacial score (nSPS) is 30.6. The maximum absolute atomic E-state index is 12.8. The molecule has 1 aromatic carbocycles. The number of nitrogens with zero attached hydrogens (tertiary/aromatic N) is 1. The summed E-state index contributed by atoms with van der Waals surface area (Å²) in [7, 11) is 0. The van der Waals surface area contributed by atoms with Crippen LogP contribution in [-0.4, -0.2) is 52.5 Å². The average Bonchev–Trinajstić information content (AvgIpc) is 3.39. The van der Waals surface area contributed by atoms with E-state index in [1.807, 2.05) is 32.0 Å². The number of hydrogen-bond acceptors (Lipinski definition) is 5. The number of nitrogens with one attached hydrogen (secondary N) is 1. The summed E-state index contributed by atoms with van der Waals surface area (Å²) in [5, 5.41) is 2.11. The van der Waals surface area contributed by atoms with Crippen LogP contribution in [0.25, 0.3) is 0 Å². The number of likely N-dealkylation sites (tertiary alicyclic amines) is 1. The molecule has 0 aromatic heterocycles. The number of carbonyl (C=O) groups is 4. The van der Waals surface area contributed by atoms with Crippen LogP contribution in [0.2, 0.25) is 0 Å². The molecule has 2 aliphatic carbocycles. The van der Waals surface area contributed by atoms with E-state index >= 15 is 0 Å². The molecule has 32 heavy (non-hydrogen) atoms. The van der Waals surface area contributed by atoms with Crippen molar-refractivity contribution >= 4 is 52.6 Å². The summed E-state index contributed by atoms with van der Waals surface area (Å²) in [5.74, 6) is -3.40. The third-order valence-corrected chi connectivity index (χ3v) is 8.31. The van der Waals surface area contributed by atoms with Crippen molar-refractivity contribution in [3.05, 3.63) is 29.3 Å². The fourth-order valence-electron chi connectivity index (χ4n) is 5.47. The Kier molecular flexibility index (Phi) is 6.50. The predicted molar refractivity (Wildman–Crippen MR) is 119 cm³/mol. The monoisotopic (exact) mass is 480 g/mol. The van der Waals surface area contributed by atoms with Crippen LogP contribution in [0.5, 0.6) is 0 Å². The van der Waals surface area contributed by atoms with Gasteiger partial charge in [-0.2, -0.15) is 0 Å². The Morgan fingerprint density at radius 1 is 1.03 bits per heavy atom. The van der Waals surface area contributed by atoms with E-state index in [2.05, 4.69) is 5.32 Å². The van der Waals surface area contributed by atoms with Crippen LogP contribution in [0, 0.1) is 23.7 Å². The quantitative estimate of drug-likeness (QED) is 0.367. The molecule has 6 atom stereocenters. The summed E-state index contributed by atoms with van der Waals surface area (Å²) in [6.45, 7) is 2.98. The lowest BCUT2D eigenvalue weighted by molar-refractivity contribution is -0.154. The Labute approximate surface area is 196 Å². The third kappa shape index (κ3) is 3.79. The summed E-state index contributed by atoms with van der Waals surface area (Å²) in [4.78, 5) is 51.3. The number of fused-ring (bicyclic) bond motifs is 5. The maximum Gasteiger partial charge on any atom is 0.326 e. The van der Waals surface area contributed by atoms with Crippen molar-refractivity contribution in [1.29, 1.82) is 0 Å². The second kappa shape index (κ2) is 9.02. The zero-order valence-corrected chi connectivity index (χ0v) is 19.5. The van der Waals surface area contributed by atoms with Gasteiger partial charge >= 0.3 is 5.97 Å². The van der Waals surface area contributed by atoms with Crippen LogP contribution in [0.15, 0.2) is 18.2 Å². The molecule has 0 spiro atoms. The predicted octanol–water partition coefficient (Wildman–Crippen LogP) is 2.76. The summed E-state index contributed by atoms with van der Waals surface area (Å²) < 4.78 is 5.07. The van der Waals surface area contributed by atoms with Gasteiger partial charge in [-0.05, 0) is 42.2 Å². The van der Waals surface area contributed by atoms with E-state index in [9.17, 15) is 19.2 Å². The second-order valence-corrected chi connectivity index (χ2v) is 9.64. The molecule has 4 rings (SSSR count). The van der Waals surface area contributed by atoms with Gasteiger partial charge in [0.05, 0.1) is 22.6 Å². The number of anilines is 1. The largest absolute Gasteiger partial charge is 0.454 e. The van der Waals surface area contributed by atoms with Gasteiger partial charge in [-0.25, -0.2) is 0 Å². The first-order chi connectivity index (χ1) is 15.3. The van der Waals surface area contributed by atoms with Crippen LogP contribution in [-0.2, 0) is 36.8 Å². The van der Waals surface area contributed by atoms with Crippen LogP contribution >= 0.6 is 23.2 Å². The van der Waals surface area contributed by atoms with E-state index in [1.54, 1.807) is 0 Å². The minimum absolute atomic E-state index is 0.149. The van der Waals surface area contributed by atoms with Gasteiger partial charge in [0.15, 0.2) is 6.61 Å². The Hall–Kier alpha value is -2.12. The van der Waals surface area contributed by atoms with Gasteiger partial charge in [-0.3, -0.25) is 24.1 Å². The first-order valence-electron chi connectivity index (χ1n) is 11.0. The van der Waals surface area contributed by atoms with E-state index in [0.29, 0.717) is 6.42 Å².